The van der Waals surface area contributed by atoms with E-state index in [0.29, 0.717) is 25.3 Å². The molecule has 1 amide bonds. The fraction of sp³-hybridized carbons (Fsp3) is 0.375. The summed E-state index contributed by atoms with van der Waals surface area (Å²) in [7, 11) is 0. The van der Waals surface area contributed by atoms with Crippen molar-refractivity contribution in [1.82, 2.24) is 14.8 Å². The van der Waals surface area contributed by atoms with E-state index < -0.39 is 0 Å². The van der Waals surface area contributed by atoms with Gasteiger partial charge in [0.25, 0.3) is 5.91 Å². The summed E-state index contributed by atoms with van der Waals surface area (Å²) >= 11 is 1.50. The summed E-state index contributed by atoms with van der Waals surface area (Å²) in [5.74, 6) is 0.00193. The highest BCUT2D eigenvalue weighted by molar-refractivity contribution is 7.13. The Morgan fingerprint density at radius 3 is 2.59 bits per heavy atom. The number of aliphatic hydroxyl groups excluding tert-OH is 1. The maximum Gasteiger partial charge on any atom is 0.273 e. The minimum absolute atomic E-state index is 0.00193. The van der Waals surface area contributed by atoms with Crippen LogP contribution >= 0.6 is 11.3 Å². The lowest BCUT2D eigenvalue weighted by Gasteiger charge is -2.33. The molecule has 5 nitrogen and oxygen atoms in total. The summed E-state index contributed by atoms with van der Waals surface area (Å²) in [5, 5.41) is 11.7. The van der Waals surface area contributed by atoms with Crippen molar-refractivity contribution in [2.75, 3.05) is 39.3 Å². The lowest BCUT2D eigenvalue weighted by atomic mass is 10.2. The molecule has 0 atom stereocenters. The second-order valence-corrected chi connectivity index (χ2v) is 6.12. The standard InChI is InChI=1S/C16H19N3O2S/c20-11-10-18-6-8-19(9-7-18)16(21)14-12-22-15(17-14)13-4-2-1-3-5-13/h1-5,12,20H,6-11H2. The van der Waals surface area contributed by atoms with Gasteiger partial charge in [-0.2, -0.15) is 0 Å². The first-order valence-corrected chi connectivity index (χ1v) is 8.29. The summed E-state index contributed by atoms with van der Waals surface area (Å²) in [6.45, 7) is 3.84. The van der Waals surface area contributed by atoms with Crippen LogP contribution in [-0.4, -0.2) is 65.1 Å². The molecule has 116 valence electrons. The van der Waals surface area contributed by atoms with E-state index in [1.807, 2.05) is 40.6 Å². The first kappa shape index (κ1) is 15.1. The van der Waals surface area contributed by atoms with Gasteiger partial charge in [0.05, 0.1) is 6.61 Å². The van der Waals surface area contributed by atoms with Gasteiger partial charge in [-0.25, -0.2) is 4.98 Å². The average Bonchev–Trinajstić information content (AvgIpc) is 3.06. The zero-order valence-electron chi connectivity index (χ0n) is 12.3. The van der Waals surface area contributed by atoms with Crippen LogP contribution in [0, 0.1) is 0 Å². The fourth-order valence-electron chi connectivity index (χ4n) is 2.56. The number of benzene rings is 1. The summed E-state index contributed by atoms with van der Waals surface area (Å²) in [5.41, 5.74) is 1.57. The number of hydrogen-bond acceptors (Lipinski definition) is 5. The number of piperazine rings is 1. The Kier molecular flexibility index (Phi) is 4.82. The Balaban J connectivity index is 1.65. The highest BCUT2D eigenvalue weighted by atomic mass is 32.1. The molecule has 2 heterocycles. The van der Waals surface area contributed by atoms with Gasteiger partial charge in [-0.05, 0) is 0 Å². The number of β-amino-alcohol motifs (C(OH)–C–C–N with tert-alkyl or cyclic N) is 1. The van der Waals surface area contributed by atoms with E-state index in [0.717, 1.165) is 23.7 Å². The largest absolute Gasteiger partial charge is 0.395 e. The van der Waals surface area contributed by atoms with Crippen LogP contribution in [0.25, 0.3) is 10.6 Å². The van der Waals surface area contributed by atoms with E-state index in [1.165, 1.54) is 11.3 Å². The van der Waals surface area contributed by atoms with Crippen molar-refractivity contribution < 1.29 is 9.90 Å². The molecule has 1 N–H and O–H groups in total. The summed E-state index contributed by atoms with van der Waals surface area (Å²) in [4.78, 5) is 21.0. The third-order valence-corrected chi connectivity index (χ3v) is 4.71. The minimum atomic E-state index is 0.00193. The van der Waals surface area contributed by atoms with Gasteiger partial charge in [0.1, 0.15) is 10.7 Å². The predicted octanol–water partition coefficient (Wildman–Crippen LogP) is 1.56. The number of carbonyl (C=O) groups is 1. The third-order valence-electron chi connectivity index (χ3n) is 3.82. The molecule has 1 aromatic heterocycles. The van der Waals surface area contributed by atoms with Crippen molar-refractivity contribution in [3.05, 3.63) is 41.4 Å². The van der Waals surface area contributed by atoms with Gasteiger partial charge >= 0.3 is 0 Å². The fourth-order valence-corrected chi connectivity index (χ4v) is 3.36. The van der Waals surface area contributed by atoms with Crippen molar-refractivity contribution >= 4 is 17.2 Å². The molecular weight excluding hydrogens is 298 g/mol. The van der Waals surface area contributed by atoms with Crippen LogP contribution in [0.3, 0.4) is 0 Å². The molecule has 2 aromatic rings. The SMILES string of the molecule is O=C(c1csc(-c2ccccc2)n1)N1CCN(CCO)CC1. The Labute approximate surface area is 133 Å². The van der Waals surface area contributed by atoms with Crippen molar-refractivity contribution in [3.8, 4) is 10.6 Å². The predicted molar refractivity (Wildman–Crippen MR) is 87.0 cm³/mol. The number of aromatic nitrogens is 1. The van der Waals surface area contributed by atoms with Gasteiger partial charge in [-0.3, -0.25) is 9.69 Å². The monoisotopic (exact) mass is 317 g/mol. The number of thiazole rings is 1. The summed E-state index contributed by atoms with van der Waals surface area (Å²) < 4.78 is 0. The van der Waals surface area contributed by atoms with Crippen LogP contribution in [0.5, 0.6) is 0 Å². The molecule has 0 radical (unpaired) electrons. The molecule has 1 aliphatic heterocycles. The lowest BCUT2D eigenvalue weighted by Crippen LogP contribution is -2.49. The average molecular weight is 317 g/mol. The second kappa shape index (κ2) is 7.00. The molecule has 3 rings (SSSR count). The highest BCUT2D eigenvalue weighted by Gasteiger charge is 2.23. The molecule has 6 heteroatoms. The molecule has 1 aliphatic rings. The number of amides is 1. The van der Waals surface area contributed by atoms with E-state index in [4.69, 9.17) is 5.11 Å². The molecule has 0 bridgehead atoms. The summed E-state index contributed by atoms with van der Waals surface area (Å²) in [6, 6.07) is 9.91. The molecule has 1 fully saturated rings. The third kappa shape index (κ3) is 3.35. The molecular formula is C16H19N3O2S. The molecule has 0 spiro atoms. The van der Waals surface area contributed by atoms with Crippen molar-refractivity contribution in [1.29, 1.82) is 0 Å². The lowest BCUT2D eigenvalue weighted by molar-refractivity contribution is 0.0610. The quantitative estimate of drug-likeness (QED) is 0.930. The Morgan fingerprint density at radius 1 is 1.18 bits per heavy atom. The van der Waals surface area contributed by atoms with Crippen molar-refractivity contribution in [2.24, 2.45) is 0 Å². The number of carbonyl (C=O) groups excluding carboxylic acids is 1. The number of aliphatic hydroxyl groups is 1. The zero-order valence-corrected chi connectivity index (χ0v) is 13.1. The number of hydrogen-bond donors (Lipinski definition) is 1. The normalized spacial score (nSPS) is 16.0. The minimum Gasteiger partial charge on any atom is -0.395 e. The van der Waals surface area contributed by atoms with E-state index in [1.54, 1.807) is 0 Å². The van der Waals surface area contributed by atoms with Gasteiger partial charge in [-0.1, -0.05) is 30.3 Å². The van der Waals surface area contributed by atoms with Crippen LogP contribution in [0.2, 0.25) is 0 Å². The Hall–Kier alpha value is -1.76. The second-order valence-electron chi connectivity index (χ2n) is 5.26. The summed E-state index contributed by atoms with van der Waals surface area (Å²) in [6.07, 6.45) is 0. The maximum absolute atomic E-state index is 12.5. The molecule has 22 heavy (non-hydrogen) atoms. The van der Waals surface area contributed by atoms with E-state index in [-0.39, 0.29) is 12.5 Å². The smallest absolute Gasteiger partial charge is 0.273 e. The molecule has 0 unspecified atom stereocenters. The maximum atomic E-state index is 12.5. The van der Waals surface area contributed by atoms with Crippen molar-refractivity contribution in [2.45, 2.75) is 0 Å². The van der Waals surface area contributed by atoms with Crippen LogP contribution < -0.4 is 0 Å². The first-order valence-electron chi connectivity index (χ1n) is 7.41. The molecule has 0 aliphatic carbocycles. The Morgan fingerprint density at radius 2 is 1.91 bits per heavy atom. The highest BCUT2D eigenvalue weighted by Crippen LogP contribution is 2.24. The number of rotatable bonds is 4. The van der Waals surface area contributed by atoms with Gasteiger partial charge in [0, 0.05) is 43.7 Å². The molecule has 1 saturated heterocycles. The topological polar surface area (TPSA) is 56.7 Å². The Bertz CT molecular complexity index is 621. The first-order chi connectivity index (χ1) is 10.8. The van der Waals surface area contributed by atoms with Crippen LogP contribution in [0.4, 0.5) is 0 Å². The van der Waals surface area contributed by atoms with Crippen LogP contribution in [0.15, 0.2) is 35.7 Å². The van der Waals surface area contributed by atoms with Gasteiger partial charge in [0.15, 0.2) is 0 Å². The number of nitrogens with zero attached hydrogens (tertiary/aromatic N) is 3. The molecule has 0 saturated carbocycles. The zero-order chi connectivity index (χ0) is 15.4. The van der Waals surface area contributed by atoms with Gasteiger partial charge in [-0.15, -0.1) is 11.3 Å². The van der Waals surface area contributed by atoms with Crippen molar-refractivity contribution in [3.63, 3.8) is 0 Å². The van der Waals surface area contributed by atoms with Crippen LogP contribution in [0.1, 0.15) is 10.5 Å². The van der Waals surface area contributed by atoms with E-state index >= 15 is 0 Å². The van der Waals surface area contributed by atoms with E-state index in [2.05, 4.69) is 9.88 Å². The van der Waals surface area contributed by atoms with E-state index in [9.17, 15) is 4.79 Å². The van der Waals surface area contributed by atoms with Crippen LogP contribution in [-0.2, 0) is 0 Å². The molecule has 1 aromatic carbocycles. The van der Waals surface area contributed by atoms with Gasteiger partial charge < -0.3 is 10.0 Å². The van der Waals surface area contributed by atoms with Gasteiger partial charge in [0.2, 0.25) is 0 Å².